The minimum Gasteiger partial charge on any atom is -0.506 e. The van der Waals surface area contributed by atoms with Crippen molar-refractivity contribution in [3.8, 4) is 11.4 Å². The van der Waals surface area contributed by atoms with E-state index in [0.717, 1.165) is 47.4 Å². The first-order chi connectivity index (χ1) is 17.8. The maximum absolute atomic E-state index is 12.6. The lowest BCUT2D eigenvalue weighted by Crippen LogP contribution is -2.24. The number of phenolic OH excluding ortho intramolecular Hbond substituents is 1. The fourth-order valence-corrected chi connectivity index (χ4v) is 5.62. The van der Waals surface area contributed by atoms with Gasteiger partial charge in [-0.2, -0.15) is 0 Å². The summed E-state index contributed by atoms with van der Waals surface area (Å²) in [4.78, 5) is 15.1. The van der Waals surface area contributed by atoms with E-state index in [1.807, 2.05) is 12.1 Å². The summed E-state index contributed by atoms with van der Waals surface area (Å²) >= 11 is 1.76. The number of nitrogens with zero attached hydrogens (tertiary/aromatic N) is 3. The number of rotatable bonds is 6. The number of hydrogen-bond acceptors (Lipinski definition) is 5. The summed E-state index contributed by atoms with van der Waals surface area (Å²) in [5, 5.41) is 22.8. The van der Waals surface area contributed by atoms with Gasteiger partial charge in [0.25, 0.3) is 0 Å². The van der Waals surface area contributed by atoms with Crippen LogP contribution in [0.5, 0.6) is 5.75 Å². The molecule has 6 nitrogen and oxygen atoms in total. The zero-order valence-electron chi connectivity index (χ0n) is 21.7. The Balaban J connectivity index is 1.26. The molecular formula is C30H34N4O2S. The number of aromatic hydroxyl groups is 1. The van der Waals surface area contributed by atoms with E-state index in [2.05, 4.69) is 66.6 Å². The third-order valence-electron chi connectivity index (χ3n) is 7.01. The van der Waals surface area contributed by atoms with E-state index in [-0.39, 0.29) is 23.0 Å². The second kappa shape index (κ2) is 10.6. The van der Waals surface area contributed by atoms with Crippen molar-refractivity contribution in [1.82, 2.24) is 15.0 Å². The molecule has 0 saturated heterocycles. The molecule has 192 valence electrons. The van der Waals surface area contributed by atoms with Crippen molar-refractivity contribution in [2.45, 2.75) is 68.9 Å². The second-order valence-electron chi connectivity index (χ2n) is 10.9. The minimum atomic E-state index is 0.0232. The Morgan fingerprint density at radius 1 is 0.973 bits per heavy atom. The van der Waals surface area contributed by atoms with Crippen LogP contribution in [0.15, 0.2) is 65.6 Å². The van der Waals surface area contributed by atoms with Crippen LogP contribution in [-0.2, 0) is 16.0 Å². The van der Waals surface area contributed by atoms with Gasteiger partial charge in [0.15, 0.2) is 0 Å². The van der Waals surface area contributed by atoms with E-state index >= 15 is 0 Å². The zero-order valence-corrected chi connectivity index (χ0v) is 22.5. The average molecular weight is 515 g/mol. The first kappa shape index (κ1) is 25.3. The summed E-state index contributed by atoms with van der Waals surface area (Å²) in [5.74, 6) is 0.988. The molecule has 0 spiro atoms. The molecule has 1 aromatic heterocycles. The number of carbonyl (C=O) groups excluding carboxylic acids is 1. The van der Waals surface area contributed by atoms with Crippen LogP contribution in [0, 0.1) is 5.92 Å². The van der Waals surface area contributed by atoms with Crippen LogP contribution in [0.2, 0.25) is 0 Å². The van der Waals surface area contributed by atoms with Crippen LogP contribution < -0.4 is 5.32 Å². The van der Waals surface area contributed by atoms with Gasteiger partial charge in [0.05, 0.1) is 0 Å². The molecule has 0 unspecified atom stereocenters. The van der Waals surface area contributed by atoms with Crippen molar-refractivity contribution >= 4 is 34.4 Å². The van der Waals surface area contributed by atoms with Gasteiger partial charge in [0.2, 0.25) is 5.91 Å². The number of aromatic nitrogens is 3. The number of nitrogens with one attached hydrogen (secondary N) is 1. The normalized spacial score (nSPS) is 14.7. The highest BCUT2D eigenvalue weighted by Gasteiger charge is 2.21. The molecule has 4 aromatic rings. The molecule has 1 aliphatic rings. The van der Waals surface area contributed by atoms with Crippen molar-refractivity contribution in [2.24, 2.45) is 5.92 Å². The molecular weight excluding hydrogens is 480 g/mol. The Kier molecular flexibility index (Phi) is 7.24. The summed E-state index contributed by atoms with van der Waals surface area (Å²) in [6.45, 7) is 6.68. The number of hydrogen-bond donors (Lipinski definition) is 2. The second-order valence-corrected chi connectivity index (χ2v) is 12.0. The van der Waals surface area contributed by atoms with Gasteiger partial charge in [-0.3, -0.25) is 4.79 Å². The lowest BCUT2D eigenvalue weighted by Gasteiger charge is -2.20. The highest BCUT2D eigenvalue weighted by atomic mass is 32.2. The third-order valence-corrected chi connectivity index (χ3v) is 8.08. The summed E-state index contributed by atoms with van der Waals surface area (Å²) < 4.78 is 0. The molecule has 7 heteroatoms. The molecule has 37 heavy (non-hydrogen) atoms. The van der Waals surface area contributed by atoms with Crippen LogP contribution in [0.1, 0.15) is 64.0 Å². The molecule has 3 aromatic carbocycles. The lowest BCUT2D eigenvalue weighted by molar-refractivity contribution is -0.120. The maximum Gasteiger partial charge on any atom is 0.227 e. The predicted octanol–water partition coefficient (Wildman–Crippen LogP) is 7.23. The van der Waals surface area contributed by atoms with E-state index in [4.69, 9.17) is 0 Å². The molecule has 0 bridgehead atoms. The molecule has 1 fully saturated rings. The standard InChI is InChI=1S/C30H34N4O2S/c1-30(2,3)22-11-9-20(10-12-22)19-37-24-14-15-25-26(18-24)33-34(32-25)27-16-13-23(17-28(27)35)31-29(36)21-7-5-4-6-8-21/h9-18,21,35H,4-8,19H2,1-3H3,(H,31,36). The summed E-state index contributed by atoms with van der Waals surface area (Å²) in [6, 6.07) is 20.0. The maximum atomic E-state index is 12.6. The number of fused-ring (bicyclic) bond motifs is 1. The van der Waals surface area contributed by atoms with Gasteiger partial charge in [0.1, 0.15) is 22.5 Å². The van der Waals surface area contributed by atoms with Crippen molar-refractivity contribution < 1.29 is 9.90 Å². The van der Waals surface area contributed by atoms with Crippen LogP contribution in [0.4, 0.5) is 5.69 Å². The fourth-order valence-electron chi connectivity index (χ4n) is 4.74. The van der Waals surface area contributed by atoms with E-state index in [9.17, 15) is 9.90 Å². The molecule has 1 aliphatic carbocycles. The number of phenols is 1. The Hall–Kier alpha value is -3.32. The Morgan fingerprint density at radius 2 is 1.70 bits per heavy atom. The Bertz CT molecular complexity index is 1400. The van der Waals surface area contributed by atoms with E-state index in [0.29, 0.717) is 11.4 Å². The Morgan fingerprint density at radius 3 is 2.41 bits per heavy atom. The SMILES string of the molecule is CC(C)(C)c1ccc(CSc2ccc3nn(-c4ccc(NC(=O)C5CCCCC5)cc4O)nc3c2)cc1. The third kappa shape index (κ3) is 5.99. The van der Waals surface area contributed by atoms with Gasteiger partial charge in [-0.05, 0) is 59.7 Å². The number of amides is 1. The van der Waals surface area contributed by atoms with E-state index in [1.54, 1.807) is 30.0 Å². The molecule has 1 heterocycles. The lowest BCUT2D eigenvalue weighted by atomic mass is 9.87. The first-order valence-electron chi connectivity index (χ1n) is 13.0. The number of anilines is 1. The van der Waals surface area contributed by atoms with Crippen molar-refractivity contribution in [3.63, 3.8) is 0 Å². The minimum absolute atomic E-state index is 0.0232. The van der Waals surface area contributed by atoms with Crippen LogP contribution in [-0.4, -0.2) is 26.0 Å². The zero-order chi connectivity index (χ0) is 26.0. The molecule has 5 rings (SSSR count). The van der Waals surface area contributed by atoms with Crippen LogP contribution >= 0.6 is 11.8 Å². The smallest absolute Gasteiger partial charge is 0.227 e. The first-order valence-corrected chi connectivity index (χ1v) is 14.0. The molecule has 0 aliphatic heterocycles. The largest absolute Gasteiger partial charge is 0.506 e. The predicted molar refractivity (Wildman–Crippen MR) is 150 cm³/mol. The van der Waals surface area contributed by atoms with Crippen LogP contribution in [0.3, 0.4) is 0 Å². The highest BCUT2D eigenvalue weighted by molar-refractivity contribution is 7.98. The van der Waals surface area contributed by atoms with Gasteiger partial charge in [-0.25, -0.2) is 0 Å². The molecule has 1 amide bonds. The average Bonchev–Trinajstić information content (AvgIpc) is 3.31. The Labute approximate surface area is 222 Å². The molecule has 0 atom stereocenters. The van der Waals surface area contributed by atoms with Crippen molar-refractivity contribution in [3.05, 3.63) is 71.8 Å². The fraction of sp³-hybridized carbons (Fsp3) is 0.367. The van der Waals surface area contributed by atoms with Crippen molar-refractivity contribution in [1.29, 1.82) is 0 Å². The van der Waals surface area contributed by atoms with Crippen LogP contribution in [0.25, 0.3) is 16.7 Å². The summed E-state index contributed by atoms with van der Waals surface area (Å²) in [6.07, 6.45) is 5.28. The molecule has 0 radical (unpaired) electrons. The monoisotopic (exact) mass is 514 g/mol. The molecule has 1 saturated carbocycles. The van der Waals surface area contributed by atoms with Gasteiger partial charge >= 0.3 is 0 Å². The highest BCUT2D eigenvalue weighted by Crippen LogP contribution is 2.30. The number of thioether (sulfide) groups is 1. The summed E-state index contributed by atoms with van der Waals surface area (Å²) in [7, 11) is 0. The van der Waals surface area contributed by atoms with Gasteiger partial charge in [-0.15, -0.1) is 26.8 Å². The van der Waals surface area contributed by atoms with E-state index < -0.39 is 0 Å². The molecule has 2 N–H and O–H groups in total. The van der Waals surface area contributed by atoms with Gasteiger partial charge < -0.3 is 10.4 Å². The van der Waals surface area contributed by atoms with Gasteiger partial charge in [0, 0.05) is 28.3 Å². The van der Waals surface area contributed by atoms with E-state index in [1.165, 1.54) is 22.3 Å². The number of carbonyl (C=O) groups is 1. The van der Waals surface area contributed by atoms with Crippen molar-refractivity contribution in [2.75, 3.05) is 5.32 Å². The van der Waals surface area contributed by atoms with Gasteiger partial charge in [-0.1, -0.05) is 64.3 Å². The number of benzene rings is 3. The summed E-state index contributed by atoms with van der Waals surface area (Å²) in [5.41, 5.74) is 5.35. The quantitative estimate of drug-likeness (QED) is 0.265. The topological polar surface area (TPSA) is 80.0 Å².